The molecule has 1 aromatic heterocycles. The van der Waals surface area contributed by atoms with Crippen LogP contribution in [0.3, 0.4) is 0 Å². The normalized spacial score (nSPS) is 11.4. The molecule has 0 radical (unpaired) electrons. The number of para-hydroxylation sites is 2. The minimum Gasteiger partial charge on any atom is -0.493 e. The van der Waals surface area contributed by atoms with Crippen molar-refractivity contribution in [2.45, 2.75) is 12.8 Å². The third-order valence-corrected chi connectivity index (χ3v) is 4.50. The average Bonchev–Trinajstić information content (AvgIpc) is 3.28. The molecule has 0 aliphatic carbocycles. The largest absolute Gasteiger partial charge is 0.493 e. The lowest BCUT2D eigenvalue weighted by Gasteiger charge is -2.10. The van der Waals surface area contributed by atoms with Crippen LogP contribution < -0.4 is 9.47 Å². The summed E-state index contributed by atoms with van der Waals surface area (Å²) in [7, 11) is 1.57. The maximum Gasteiger partial charge on any atom is 0.416 e. The Balaban J connectivity index is 1.53. The number of methoxy groups -OCH3 is 1. The monoisotopic (exact) mass is 426 g/mol. The molecule has 4 aromatic rings. The van der Waals surface area contributed by atoms with Crippen LogP contribution in [0.1, 0.15) is 11.1 Å². The molecule has 31 heavy (non-hydrogen) atoms. The van der Waals surface area contributed by atoms with Gasteiger partial charge in [-0.1, -0.05) is 30.3 Å². The van der Waals surface area contributed by atoms with E-state index in [1.54, 1.807) is 19.2 Å². The highest BCUT2D eigenvalue weighted by molar-refractivity contribution is 5.59. The molecule has 5 nitrogen and oxygen atoms in total. The zero-order valence-electron chi connectivity index (χ0n) is 16.4. The second kappa shape index (κ2) is 8.51. The van der Waals surface area contributed by atoms with Crippen molar-refractivity contribution in [2.24, 2.45) is 0 Å². The molecule has 8 heteroatoms. The van der Waals surface area contributed by atoms with E-state index in [1.807, 2.05) is 36.4 Å². The van der Waals surface area contributed by atoms with Gasteiger partial charge < -0.3 is 13.9 Å². The molecule has 158 valence electrons. The number of hydrogen-bond acceptors (Lipinski definition) is 5. The van der Waals surface area contributed by atoms with Gasteiger partial charge in [0.1, 0.15) is 6.61 Å². The van der Waals surface area contributed by atoms with Crippen molar-refractivity contribution in [3.05, 3.63) is 83.9 Å². The third-order valence-electron chi connectivity index (χ3n) is 4.50. The molecule has 0 amide bonds. The van der Waals surface area contributed by atoms with E-state index in [-0.39, 0.29) is 24.0 Å². The first-order valence-corrected chi connectivity index (χ1v) is 9.30. The molecule has 0 saturated carbocycles. The molecule has 0 spiro atoms. The average molecular weight is 426 g/mol. The summed E-state index contributed by atoms with van der Waals surface area (Å²) in [4.78, 5) is 0. The van der Waals surface area contributed by atoms with Crippen LogP contribution >= 0.6 is 0 Å². The summed E-state index contributed by atoms with van der Waals surface area (Å²) in [5.41, 5.74) is 0.901. The number of nitrogens with zero attached hydrogens (tertiary/aromatic N) is 2. The van der Waals surface area contributed by atoms with Crippen LogP contribution in [0, 0.1) is 0 Å². The first kappa shape index (κ1) is 20.5. The van der Waals surface area contributed by atoms with Crippen molar-refractivity contribution in [1.29, 1.82) is 0 Å². The van der Waals surface area contributed by atoms with Gasteiger partial charge in [0.15, 0.2) is 11.5 Å². The second-order valence-corrected chi connectivity index (χ2v) is 6.63. The lowest BCUT2D eigenvalue weighted by Crippen LogP contribution is -2.04. The fraction of sp³-hybridized carbons (Fsp3) is 0.130. The van der Waals surface area contributed by atoms with Gasteiger partial charge in [0.05, 0.1) is 12.7 Å². The number of ether oxygens (including phenoxy) is 2. The SMILES string of the molecule is COc1ccccc1OCc1cccc(-c2nnc(-c3cccc(C(F)(F)F)c3)o2)c1. The summed E-state index contributed by atoms with van der Waals surface area (Å²) in [6.07, 6.45) is -4.45. The third kappa shape index (κ3) is 4.69. The summed E-state index contributed by atoms with van der Waals surface area (Å²) in [6.45, 7) is 0.281. The van der Waals surface area contributed by atoms with Crippen LogP contribution in [-0.2, 0) is 12.8 Å². The maximum atomic E-state index is 13.0. The second-order valence-electron chi connectivity index (χ2n) is 6.63. The molecule has 4 rings (SSSR count). The predicted molar refractivity (Wildman–Crippen MR) is 107 cm³/mol. The Morgan fingerprint density at radius 2 is 1.45 bits per heavy atom. The molecular weight excluding hydrogens is 409 g/mol. The van der Waals surface area contributed by atoms with Gasteiger partial charge in [0.25, 0.3) is 0 Å². The fourth-order valence-corrected chi connectivity index (χ4v) is 2.98. The van der Waals surface area contributed by atoms with Crippen LogP contribution in [0.4, 0.5) is 13.2 Å². The Morgan fingerprint density at radius 3 is 2.13 bits per heavy atom. The lowest BCUT2D eigenvalue weighted by molar-refractivity contribution is -0.137. The van der Waals surface area contributed by atoms with E-state index in [9.17, 15) is 13.2 Å². The Labute approximate surface area is 176 Å². The standard InChI is InChI=1S/C23H17F3N2O3/c1-29-19-10-2-3-11-20(19)30-14-15-6-4-7-16(12-15)21-27-28-22(31-21)17-8-5-9-18(13-17)23(24,25)26/h2-13H,14H2,1H3. The summed E-state index contributed by atoms with van der Waals surface area (Å²) < 4.78 is 55.6. The van der Waals surface area contributed by atoms with Gasteiger partial charge in [0, 0.05) is 11.1 Å². The Morgan fingerprint density at radius 1 is 0.806 bits per heavy atom. The Bertz CT molecular complexity index is 1190. The molecule has 0 N–H and O–H groups in total. The molecule has 0 bridgehead atoms. The molecule has 3 aromatic carbocycles. The van der Waals surface area contributed by atoms with Crippen molar-refractivity contribution >= 4 is 0 Å². The molecule has 0 unspecified atom stereocenters. The van der Waals surface area contributed by atoms with Crippen LogP contribution in [0.15, 0.2) is 77.2 Å². The summed E-state index contributed by atoms with van der Waals surface area (Å²) in [5.74, 6) is 1.45. The van der Waals surface area contributed by atoms with E-state index in [0.717, 1.165) is 17.7 Å². The van der Waals surface area contributed by atoms with Crippen molar-refractivity contribution in [3.8, 4) is 34.4 Å². The first-order chi connectivity index (χ1) is 14.9. The Hall–Kier alpha value is -3.81. The quantitative estimate of drug-likeness (QED) is 0.378. The van der Waals surface area contributed by atoms with Crippen LogP contribution in [0.25, 0.3) is 22.9 Å². The van der Waals surface area contributed by atoms with E-state index in [2.05, 4.69) is 10.2 Å². The van der Waals surface area contributed by atoms with Crippen molar-refractivity contribution in [1.82, 2.24) is 10.2 Å². The zero-order valence-corrected chi connectivity index (χ0v) is 16.4. The molecule has 0 saturated heterocycles. The summed E-state index contributed by atoms with van der Waals surface area (Å²) in [5, 5.41) is 7.88. The number of hydrogen-bond donors (Lipinski definition) is 0. The van der Waals surface area contributed by atoms with E-state index in [0.29, 0.717) is 17.1 Å². The molecule has 1 heterocycles. The maximum absolute atomic E-state index is 13.0. The van der Waals surface area contributed by atoms with Gasteiger partial charge >= 0.3 is 6.18 Å². The molecule has 0 atom stereocenters. The number of aromatic nitrogens is 2. The van der Waals surface area contributed by atoms with Gasteiger partial charge in [-0.25, -0.2) is 0 Å². The van der Waals surface area contributed by atoms with Crippen molar-refractivity contribution in [2.75, 3.05) is 7.11 Å². The number of halogens is 3. The van der Waals surface area contributed by atoms with Gasteiger partial charge in [-0.3, -0.25) is 0 Å². The van der Waals surface area contributed by atoms with E-state index in [1.165, 1.54) is 12.1 Å². The summed E-state index contributed by atoms with van der Waals surface area (Å²) in [6, 6.07) is 19.4. The van der Waals surface area contributed by atoms with Crippen molar-refractivity contribution in [3.63, 3.8) is 0 Å². The molecule has 0 fully saturated rings. The minimum absolute atomic E-state index is 0.0109. The van der Waals surface area contributed by atoms with Crippen molar-refractivity contribution < 1.29 is 27.1 Å². The highest BCUT2D eigenvalue weighted by atomic mass is 19.4. The lowest BCUT2D eigenvalue weighted by atomic mass is 10.1. The number of rotatable bonds is 6. The number of benzene rings is 3. The topological polar surface area (TPSA) is 57.4 Å². The van der Waals surface area contributed by atoms with Gasteiger partial charge in [-0.05, 0) is 48.0 Å². The smallest absolute Gasteiger partial charge is 0.416 e. The zero-order chi connectivity index (χ0) is 21.8. The van der Waals surface area contributed by atoms with E-state index >= 15 is 0 Å². The number of alkyl halides is 3. The van der Waals surface area contributed by atoms with Crippen LogP contribution in [-0.4, -0.2) is 17.3 Å². The highest BCUT2D eigenvalue weighted by Gasteiger charge is 2.30. The van der Waals surface area contributed by atoms with E-state index < -0.39 is 11.7 Å². The highest BCUT2D eigenvalue weighted by Crippen LogP contribution is 2.33. The summed E-state index contributed by atoms with van der Waals surface area (Å²) >= 11 is 0. The van der Waals surface area contributed by atoms with E-state index in [4.69, 9.17) is 13.9 Å². The molecule has 0 aliphatic rings. The molecule has 0 aliphatic heterocycles. The van der Waals surface area contributed by atoms with Gasteiger partial charge in [-0.15, -0.1) is 10.2 Å². The minimum atomic E-state index is -4.45. The first-order valence-electron chi connectivity index (χ1n) is 9.30. The van der Waals surface area contributed by atoms with Crippen LogP contribution in [0.2, 0.25) is 0 Å². The molecular formula is C23H17F3N2O3. The fourth-order valence-electron chi connectivity index (χ4n) is 2.98. The Kier molecular flexibility index (Phi) is 5.62. The van der Waals surface area contributed by atoms with Crippen LogP contribution in [0.5, 0.6) is 11.5 Å². The predicted octanol–water partition coefficient (Wildman–Crippen LogP) is 6.01. The van der Waals surface area contributed by atoms with Gasteiger partial charge in [0.2, 0.25) is 11.8 Å². The van der Waals surface area contributed by atoms with Gasteiger partial charge in [-0.2, -0.15) is 13.2 Å².